The molecule has 3 heteroatoms. The molecule has 0 saturated heterocycles. The van der Waals surface area contributed by atoms with Gasteiger partial charge in [0, 0.05) is 12.8 Å². The lowest BCUT2D eigenvalue weighted by molar-refractivity contribution is -0.132. The molecule has 0 aromatic heterocycles. The van der Waals surface area contributed by atoms with Crippen molar-refractivity contribution in [1.82, 2.24) is 5.32 Å². The Morgan fingerprint density at radius 3 is 1.87 bits per heavy atom. The van der Waals surface area contributed by atoms with Crippen molar-refractivity contribution in [2.24, 2.45) is 5.92 Å². The third kappa shape index (κ3) is 4.96. The molecule has 0 heterocycles. The van der Waals surface area contributed by atoms with Gasteiger partial charge >= 0.3 is 0 Å². The fourth-order valence-electron chi connectivity index (χ4n) is 2.17. The van der Waals surface area contributed by atoms with Crippen molar-refractivity contribution in [2.75, 3.05) is 0 Å². The van der Waals surface area contributed by atoms with Crippen molar-refractivity contribution in [2.45, 2.75) is 58.3 Å². The molecule has 86 valence electrons. The van der Waals surface area contributed by atoms with Crippen LogP contribution in [0.5, 0.6) is 0 Å². The van der Waals surface area contributed by atoms with E-state index in [1.807, 2.05) is 0 Å². The van der Waals surface area contributed by atoms with Gasteiger partial charge in [0.2, 0.25) is 11.8 Å². The molecule has 1 fully saturated rings. The van der Waals surface area contributed by atoms with Crippen molar-refractivity contribution in [3.63, 3.8) is 0 Å². The molecule has 0 aliphatic heterocycles. The van der Waals surface area contributed by atoms with Crippen LogP contribution >= 0.6 is 0 Å². The molecule has 1 aliphatic rings. The lowest BCUT2D eigenvalue weighted by Gasteiger charge is -2.14. The molecule has 0 aromatic rings. The second-order valence-electron chi connectivity index (χ2n) is 4.44. The molecule has 1 saturated carbocycles. The highest BCUT2D eigenvalue weighted by Gasteiger charge is 2.19. The second-order valence-corrected chi connectivity index (χ2v) is 4.44. The standard InChI is InChI=1S/C12H21NO2/c1-10(14)13-12(15)11-8-6-4-2-3-5-7-9-11/h11H,2-9H2,1H3,(H,13,14,15). The Bertz CT molecular complexity index is 216. The molecule has 0 aromatic carbocycles. The third-order valence-corrected chi connectivity index (χ3v) is 3.03. The first-order valence-electron chi connectivity index (χ1n) is 6.01. The fourth-order valence-corrected chi connectivity index (χ4v) is 2.17. The number of carbonyl (C=O) groups excluding carboxylic acids is 2. The van der Waals surface area contributed by atoms with Crippen molar-refractivity contribution in [3.8, 4) is 0 Å². The van der Waals surface area contributed by atoms with Crippen LogP contribution < -0.4 is 5.32 Å². The van der Waals surface area contributed by atoms with Crippen molar-refractivity contribution < 1.29 is 9.59 Å². The zero-order valence-electron chi connectivity index (χ0n) is 9.55. The Morgan fingerprint density at radius 1 is 0.933 bits per heavy atom. The van der Waals surface area contributed by atoms with Crippen LogP contribution in [0.2, 0.25) is 0 Å². The maximum absolute atomic E-state index is 11.7. The van der Waals surface area contributed by atoms with Gasteiger partial charge in [-0.05, 0) is 12.8 Å². The second kappa shape index (κ2) is 6.59. The Balaban J connectivity index is 2.41. The van der Waals surface area contributed by atoms with Crippen LogP contribution in [0.15, 0.2) is 0 Å². The van der Waals surface area contributed by atoms with Gasteiger partial charge in [-0.2, -0.15) is 0 Å². The van der Waals surface area contributed by atoms with Crippen molar-refractivity contribution in [3.05, 3.63) is 0 Å². The summed E-state index contributed by atoms with van der Waals surface area (Å²) in [5.41, 5.74) is 0. The largest absolute Gasteiger partial charge is 0.296 e. The van der Waals surface area contributed by atoms with Gasteiger partial charge in [-0.1, -0.05) is 38.5 Å². The quantitative estimate of drug-likeness (QED) is 0.724. The number of rotatable bonds is 1. The molecule has 0 bridgehead atoms. The highest BCUT2D eigenvalue weighted by molar-refractivity contribution is 5.95. The summed E-state index contributed by atoms with van der Waals surface area (Å²) in [6.45, 7) is 1.40. The maximum Gasteiger partial charge on any atom is 0.229 e. The lowest BCUT2D eigenvalue weighted by Crippen LogP contribution is -2.34. The van der Waals surface area contributed by atoms with Gasteiger partial charge < -0.3 is 0 Å². The van der Waals surface area contributed by atoms with Crippen LogP contribution in [0.4, 0.5) is 0 Å². The summed E-state index contributed by atoms with van der Waals surface area (Å²) in [4.78, 5) is 22.4. The smallest absolute Gasteiger partial charge is 0.229 e. The number of hydrogen-bond acceptors (Lipinski definition) is 2. The predicted molar refractivity (Wildman–Crippen MR) is 59.2 cm³/mol. The Hall–Kier alpha value is -0.860. The molecular formula is C12H21NO2. The van der Waals surface area contributed by atoms with E-state index < -0.39 is 0 Å². The van der Waals surface area contributed by atoms with E-state index in [-0.39, 0.29) is 17.7 Å². The highest BCUT2D eigenvalue weighted by atomic mass is 16.2. The van der Waals surface area contributed by atoms with Crippen molar-refractivity contribution in [1.29, 1.82) is 0 Å². The molecule has 1 aliphatic carbocycles. The van der Waals surface area contributed by atoms with Crippen LogP contribution in [0.3, 0.4) is 0 Å². The van der Waals surface area contributed by atoms with Crippen LogP contribution in [0.1, 0.15) is 58.3 Å². The first kappa shape index (κ1) is 12.2. The lowest BCUT2D eigenvalue weighted by atomic mass is 9.96. The van der Waals surface area contributed by atoms with Gasteiger partial charge in [-0.15, -0.1) is 0 Å². The molecule has 0 unspecified atom stereocenters. The summed E-state index contributed by atoms with van der Waals surface area (Å²) in [6.07, 6.45) is 9.17. The number of carbonyl (C=O) groups is 2. The van der Waals surface area contributed by atoms with E-state index in [9.17, 15) is 9.59 Å². The molecule has 1 N–H and O–H groups in total. The van der Waals surface area contributed by atoms with Gasteiger partial charge in [0.1, 0.15) is 0 Å². The van der Waals surface area contributed by atoms with E-state index in [1.165, 1.54) is 32.6 Å². The molecule has 1 rings (SSSR count). The monoisotopic (exact) mass is 211 g/mol. The van der Waals surface area contributed by atoms with Crippen LogP contribution in [0, 0.1) is 5.92 Å². The summed E-state index contributed by atoms with van der Waals surface area (Å²) >= 11 is 0. The Labute approximate surface area is 91.6 Å². The summed E-state index contributed by atoms with van der Waals surface area (Å²) in [7, 11) is 0. The van der Waals surface area contributed by atoms with Gasteiger partial charge in [0.15, 0.2) is 0 Å². The van der Waals surface area contributed by atoms with Gasteiger partial charge in [-0.3, -0.25) is 14.9 Å². The number of imide groups is 1. The van der Waals surface area contributed by atoms with Crippen molar-refractivity contribution >= 4 is 11.8 Å². The summed E-state index contributed by atoms with van der Waals surface area (Å²) in [5.74, 6) is -0.240. The summed E-state index contributed by atoms with van der Waals surface area (Å²) in [6, 6.07) is 0. The molecule has 0 atom stereocenters. The SMILES string of the molecule is CC(=O)NC(=O)C1CCCCCCCC1. The highest BCUT2D eigenvalue weighted by Crippen LogP contribution is 2.21. The minimum Gasteiger partial charge on any atom is -0.296 e. The van der Waals surface area contributed by atoms with Gasteiger partial charge in [-0.25, -0.2) is 0 Å². The number of hydrogen-bond donors (Lipinski definition) is 1. The first-order chi connectivity index (χ1) is 7.20. The molecule has 0 spiro atoms. The zero-order chi connectivity index (χ0) is 11.1. The third-order valence-electron chi connectivity index (χ3n) is 3.03. The van der Waals surface area contributed by atoms with E-state index in [0.29, 0.717) is 0 Å². The van der Waals surface area contributed by atoms with Crippen LogP contribution in [-0.2, 0) is 9.59 Å². The minimum atomic E-state index is -0.236. The normalized spacial score (nSPS) is 19.8. The van der Waals surface area contributed by atoms with Gasteiger partial charge in [0.25, 0.3) is 0 Å². The van der Waals surface area contributed by atoms with E-state index in [0.717, 1.165) is 25.7 Å². The van der Waals surface area contributed by atoms with E-state index in [1.54, 1.807) is 0 Å². The average molecular weight is 211 g/mol. The number of nitrogens with one attached hydrogen (secondary N) is 1. The first-order valence-corrected chi connectivity index (χ1v) is 6.01. The Kier molecular flexibility index (Phi) is 5.37. The molecule has 2 amide bonds. The van der Waals surface area contributed by atoms with E-state index in [4.69, 9.17) is 0 Å². The summed E-state index contributed by atoms with van der Waals surface area (Å²) in [5, 5.41) is 2.40. The molecule has 3 nitrogen and oxygen atoms in total. The maximum atomic E-state index is 11.7. The topological polar surface area (TPSA) is 46.2 Å². The fraction of sp³-hybridized carbons (Fsp3) is 0.833. The van der Waals surface area contributed by atoms with Gasteiger partial charge in [0.05, 0.1) is 0 Å². The average Bonchev–Trinajstić information content (AvgIpc) is 2.29. The molecule has 0 radical (unpaired) electrons. The number of amides is 2. The van der Waals surface area contributed by atoms with Crippen LogP contribution in [0.25, 0.3) is 0 Å². The Morgan fingerprint density at radius 2 is 1.40 bits per heavy atom. The van der Waals surface area contributed by atoms with E-state index in [2.05, 4.69) is 5.32 Å². The molecule has 15 heavy (non-hydrogen) atoms. The summed E-state index contributed by atoms with van der Waals surface area (Å²) < 4.78 is 0. The van der Waals surface area contributed by atoms with E-state index >= 15 is 0 Å². The minimum absolute atomic E-state index is 0.0620. The van der Waals surface area contributed by atoms with Crippen LogP contribution in [-0.4, -0.2) is 11.8 Å². The zero-order valence-corrected chi connectivity index (χ0v) is 9.55. The predicted octanol–water partition coefficient (Wildman–Crippen LogP) is 2.40. The molecular weight excluding hydrogens is 190 g/mol.